The van der Waals surface area contributed by atoms with Crippen LogP contribution in [-0.2, 0) is 9.53 Å². The lowest BCUT2D eigenvalue weighted by atomic mass is 9.79. The molecule has 3 atom stereocenters. The van der Waals surface area contributed by atoms with E-state index in [9.17, 15) is 29.0 Å². The van der Waals surface area contributed by atoms with Crippen LogP contribution < -0.4 is 16.1 Å². The number of carbonyl (C=O) groups excluding carboxylic acids is 2. The summed E-state index contributed by atoms with van der Waals surface area (Å²) in [6, 6.07) is -0.474. The average Bonchev–Trinajstić information content (AvgIpc) is 2.57. The Hall–Kier alpha value is -1.96. The van der Waals surface area contributed by atoms with E-state index in [2.05, 4.69) is 10.6 Å². The van der Waals surface area contributed by atoms with Crippen molar-refractivity contribution in [3.8, 4) is 0 Å². The molecule has 1 heterocycles. The molecule has 0 aromatic heterocycles. The van der Waals surface area contributed by atoms with E-state index < -0.39 is 44.6 Å². The fourth-order valence-corrected chi connectivity index (χ4v) is 3.43. The van der Waals surface area contributed by atoms with Crippen molar-refractivity contribution in [2.75, 3.05) is 13.7 Å². The van der Waals surface area contributed by atoms with Gasteiger partial charge in [-0.2, -0.15) is 0 Å². The molecule has 0 aliphatic carbocycles. The molecular formula is C14H18F5N3O4S. The number of hydrogen-bond acceptors (Lipinski definition) is 5. The fourth-order valence-electron chi connectivity index (χ4n) is 2.78. The van der Waals surface area contributed by atoms with E-state index in [0.717, 1.165) is 0 Å². The van der Waals surface area contributed by atoms with Gasteiger partial charge in [-0.1, -0.05) is 19.4 Å². The summed E-state index contributed by atoms with van der Waals surface area (Å²) in [6.07, 6.45) is 0. The predicted molar refractivity (Wildman–Crippen MR) is 86.2 cm³/mol. The summed E-state index contributed by atoms with van der Waals surface area (Å²) in [7, 11) is -8.57. The number of methoxy groups -OCH3 is 1. The third kappa shape index (κ3) is 4.15. The normalized spacial score (nSPS) is 26.1. The predicted octanol–water partition coefficient (Wildman–Crippen LogP) is 2.32. The number of benzene rings is 1. The number of hydrogen-bond donors (Lipinski definition) is 4. The molecule has 7 nitrogen and oxygen atoms in total. The maximum Gasteiger partial charge on any atom is 0.310 e. The Morgan fingerprint density at radius 2 is 1.81 bits per heavy atom. The van der Waals surface area contributed by atoms with Crippen LogP contribution in [0.3, 0.4) is 0 Å². The first-order valence-electron chi connectivity index (χ1n) is 7.52. The quantitative estimate of drug-likeness (QED) is 0.322. The molecule has 1 aliphatic heterocycles. The third-order valence-electron chi connectivity index (χ3n) is 4.50. The van der Waals surface area contributed by atoms with E-state index in [1.165, 1.54) is 12.6 Å². The molecule has 0 radical (unpaired) electrons. The molecule has 1 aliphatic rings. The second kappa shape index (κ2) is 6.02. The van der Waals surface area contributed by atoms with Gasteiger partial charge < -0.3 is 15.4 Å². The highest BCUT2D eigenvalue weighted by atomic mass is 32.5. The van der Waals surface area contributed by atoms with Gasteiger partial charge in [-0.05, 0) is 31.2 Å². The number of amides is 2. The maximum absolute atomic E-state index is 12.7. The summed E-state index contributed by atoms with van der Waals surface area (Å²) in [4.78, 5) is 22.1. The van der Waals surface area contributed by atoms with Gasteiger partial charge in [0.05, 0.1) is 0 Å². The molecular weight excluding hydrogens is 401 g/mol. The summed E-state index contributed by atoms with van der Waals surface area (Å²) in [6.45, 7) is 1.80. The maximum atomic E-state index is 12.7. The van der Waals surface area contributed by atoms with Crippen molar-refractivity contribution < 1.29 is 39.0 Å². The van der Waals surface area contributed by atoms with E-state index in [1.807, 2.05) is 0 Å². The molecule has 1 fully saturated rings. The first-order valence-corrected chi connectivity index (χ1v) is 9.47. The van der Waals surface area contributed by atoms with Crippen LogP contribution in [0, 0.1) is 0 Å². The number of ether oxygens (including phenoxy) is 1. The van der Waals surface area contributed by atoms with Gasteiger partial charge in [0.2, 0.25) is 0 Å². The van der Waals surface area contributed by atoms with Crippen molar-refractivity contribution in [1.82, 2.24) is 16.1 Å². The number of nitrogens with one attached hydrogen (secondary N) is 3. The highest BCUT2D eigenvalue weighted by Gasteiger charge is 2.65. The van der Waals surface area contributed by atoms with Crippen molar-refractivity contribution in [2.24, 2.45) is 0 Å². The SMILES string of the molecule is CO[C@]1([C@H](NC(=O)c2ccc(S(F)(F)(F)(F)F)cc2)C(=O)NO)CN[C@@H]1C. The first-order chi connectivity index (χ1) is 12.1. The summed E-state index contributed by atoms with van der Waals surface area (Å²) < 4.78 is 69.0. The summed E-state index contributed by atoms with van der Waals surface area (Å²) >= 11 is 0. The topological polar surface area (TPSA) is 99.7 Å². The monoisotopic (exact) mass is 419 g/mol. The van der Waals surface area contributed by atoms with Crippen molar-refractivity contribution in [3.05, 3.63) is 29.8 Å². The second-order valence-electron chi connectivity index (χ2n) is 6.14. The van der Waals surface area contributed by atoms with Gasteiger partial charge in [0.25, 0.3) is 11.8 Å². The molecule has 2 rings (SSSR count). The highest BCUT2D eigenvalue weighted by molar-refractivity contribution is 8.45. The summed E-state index contributed by atoms with van der Waals surface area (Å²) in [5, 5.41) is 14.1. The number of carbonyl (C=O) groups is 2. The van der Waals surface area contributed by atoms with Crippen LogP contribution in [0.25, 0.3) is 0 Å². The minimum atomic E-state index is -9.85. The van der Waals surface area contributed by atoms with Crippen molar-refractivity contribution >= 4 is 22.0 Å². The van der Waals surface area contributed by atoms with E-state index in [4.69, 9.17) is 9.94 Å². The summed E-state index contributed by atoms with van der Waals surface area (Å²) in [5.74, 6) is -2.02. The van der Waals surface area contributed by atoms with Gasteiger partial charge in [0.1, 0.15) is 16.5 Å². The molecule has 4 N–H and O–H groups in total. The molecule has 154 valence electrons. The van der Waals surface area contributed by atoms with Crippen LogP contribution in [0.2, 0.25) is 0 Å². The minimum absolute atomic E-state index is 0.0945. The zero-order valence-corrected chi connectivity index (χ0v) is 15.0. The molecule has 1 saturated heterocycles. The molecule has 0 unspecified atom stereocenters. The van der Waals surface area contributed by atoms with Crippen LogP contribution in [0.5, 0.6) is 0 Å². The Balaban J connectivity index is 2.28. The van der Waals surface area contributed by atoms with Gasteiger partial charge in [0, 0.05) is 25.3 Å². The average molecular weight is 419 g/mol. The van der Waals surface area contributed by atoms with Crippen LogP contribution >= 0.6 is 10.2 Å². The fraction of sp³-hybridized carbons (Fsp3) is 0.429. The molecule has 0 spiro atoms. The lowest BCUT2D eigenvalue weighted by Crippen LogP contribution is -2.78. The van der Waals surface area contributed by atoms with Crippen LogP contribution in [0.4, 0.5) is 19.4 Å². The molecule has 0 saturated carbocycles. The second-order valence-corrected chi connectivity index (χ2v) is 8.55. The van der Waals surface area contributed by atoms with E-state index in [-0.39, 0.29) is 24.2 Å². The van der Waals surface area contributed by atoms with Gasteiger partial charge >= 0.3 is 10.2 Å². The van der Waals surface area contributed by atoms with Crippen LogP contribution in [0.1, 0.15) is 17.3 Å². The van der Waals surface area contributed by atoms with Crippen molar-refractivity contribution in [2.45, 2.75) is 29.5 Å². The zero-order chi connectivity index (χ0) is 20.7. The van der Waals surface area contributed by atoms with E-state index in [0.29, 0.717) is 12.1 Å². The molecule has 2 amide bonds. The Morgan fingerprint density at radius 3 is 2.15 bits per heavy atom. The highest BCUT2D eigenvalue weighted by Crippen LogP contribution is 3.02. The zero-order valence-electron chi connectivity index (χ0n) is 14.1. The Bertz CT molecular complexity index is 755. The Kier molecular flexibility index (Phi) is 4.76. The van der Waals surface area contributed by atoms with Gasteiger partial charge in [-0.25, -0.2) is 5.48 Å². The molecule has 13 heteroatoms. The Labute approximate surface area is 150 Å². The first kappa shape index (κ1) is 21.3. The van der Waals surface area contributed by atoms with E-state index in [1.54, 1.807) is 6.92 Å². The lowest BCUT2D eigenvalue weighted by molar-refractivity contribution is -0.152. The van der Waals surface area contributed by atoms with Crippen LogP contribution in [0.15, 0.2) is 29.2 Å². The number of rotatable bonds is 6. The Morgan fingerprint density at radius 1 is 1.26 bits per heavy atom. The van der Waals surface area contributed by atoms with Crippen LogP contribution in [-0.4, -0.2) is 48.4 Å². The van der Waals surface area contributed by atoms with Crippen molar-refractivity contribution in [1.29, 1.82) is 0 Å². The number of halogens is 5. The van der Waals surface area contributed by atoms with E-state index >= 15 is 0 Å². The largest absolute Gasteiger partial charge is 0.373 e. The molecule has 27 heavy (non-hydrogen) atoms. The van der Waals surface area contributed by atoms with Gasteiger partial charge in [-0.3, -0.25) is 14.8 Å². The standard InChI is InChI=1S/C14H18F5N3O4S/c1-8-14(26-2,7-20-8)11(13(24)22-25)21-12(23)9-3-5-10(6-4-9)27(15,16,17,18)19/h3-6,8,11,20,25H,7H2,1-2H3,(H,21,23)(H,22,24)/t8-,11-,14-/m1/s1. The minimum Gasteiger partial charge on any atom is -0.373 e. The van der Waals surface area contributed by atoms with Gasteiger partial charge in [-0.15, -0.1) is 0 Å². The smallest absolute Gasteiger partial charge is 0.310 e. The molecule has 1 aromatic rings. The van der Waals surface area contributed by atoms with Gasteiger partial charge in [0.15, 0.2) is 0 Å². The number of hydroxylamine groups is 1. The molecule has 0 bridgehead atoms. The van der Waals surface area contributed by atoms with Crippen molar-refractivity contribution in [3.63, 3.8) is 0 Å². The third-order valence-corrected chi connectivity index (χ3v) is 5.66. The molecule has 1 aromatic carbocycles. The summed E-state index contributed by atoms with van der Waals surface area (Å²) in [5.41, 5.74) is -0.218. The lowest BCUT2D eigenvalue weighted by Gasteiger charge is -2.51.